The minimum absolute atomic E-state index is 0.798. The molecule has 0 bridgehead atoms. The Hall–Kier alpha value is -8.38. The van der Waals surface area contributed by atoms with Crippen LogP contribution in [0.1, 0.15) is 23.6 Å². The Kier molecular flexibility index (Phi) is 12.3. The van der Waals surface area contributed by atoms with Crippen LogP contribution in [-0.2, 0) is 9.13 Å². The van der Waals surface area contributed by atoms with Crippen LogP contribution in [0, 0.1) is 6.92 Å². The van der Waals surface area contributed by atoms with Gasteiger partial charge in [-0.2, -0.15) is 0 Å². The van der Waals surface area contributed by atoms with Gasteiger partial charge in [-0.1, -0.05) is 267 Å². The standard InChI is InChI=1S/C70H52O2P2/c1-3-61(62-32-18-16-21-49(62)2)69-65-45-39-54(51-37-43-60(44-38-51)74(72,57-28-12-6-13-29-57)58-30-14-7-15-31-58)48-68(65)70(64-34-20-23-52-22-17-19-33-63(52)64)66-46-40-53(47-67(66)69)50-35-41-59(42-36-50)73(71,55-24-8-4-9-25-55)56-26-10-5-11-27-56/h3-48H,1-2H3/b61-3+. The fourth-order valence-electron chi connectivity index (χ4n) is 11.1. The van der Waals surface area contributed by atoms with Crippen molar-refractivity contribution in [2.24, 2.45) is 0 Å². The molecular formula is C70H52O2P2. The molecule has 0 aliphatic heterocycles. The maximum Gasteiger partial charge on any atom is 0.171 e. The Balaban J connectivity index is 1.08. The first-order chi connectivity index (χ1) is 36.3. The highest BCUT2D eigenvalue weighted by Gasteiger charge is 2.31. The first-order valence-electron chi connectivity index (χ1n) is 25.2. The molecule has 0 aliphatic carbocycles. The molecule has 0 amide bonds. The van der Waals surface area contributed by atoms with Crippen molar-refractivity contribution < 1.29 is 9.13 Å². The van der Waals surface area contributed by atoms with Gasteiger partial charge in [-0.05, 0) is 114 Å². The van der Waals surface area contributed by atoms with Crippen molar-refractivity contribution in [2.75, 3.05) is 0 Å². The van der Waals surface area contributed by atoms with Crippen LogP contribution < -0.4 is 31.8 Å². The lowest BCUT2D eigenvalue weighted by Gasteiger charge is -2.23. The molecule has 0 aromatic heterocycles. The number of hydrogen-bond donors (Lipinski definition) is 0. The molecule has 0 radical (unpaired) electrons. The Bertz CT molecular complexity index is 4070. The van der Waals surface area contributed by atoms with Crippen LogP contribution in [-0.4, -0.2) is 0 Å². The summed E-state index contributed by atoms with van der Waals surface area (Å²) in [5, 5.41) is 11.8. The van der Waals surface area contributed by atoms with Crippen molar-refractivity contribution in [3.05, 3.63) is 296 Å². The number of hydrogen-bond acceptors (Lipinski definition) is 2. The van der Waals surface area contributed by atoms with Gasteiger partial charge in [0.05, 0.1) is 0 Å². The van der Waals surface area contributed by atoms with Gasteiger partial charge in [0.15, 0.2) is 14.3 Å². The minimum Gasteiger partial charge on any atom is -0.309 e. The first-order valence-corrected chi connectivity index (χ1v) is 28.6. The van der Waals surface area contributed by atoms with Crippen molar-refractivity contribution in [2.45, 2.75) is 13.8 Å². The third kappa shape index (κ3) is 8.09. The summed E-state index contributed by atoms with van der Waals surface area (Å²) in [4.78, 5) is 0. The van der Waals surface area contributed by atoms with Crippen LogP contribution >= 0.6 is 14.3 Å². The van der Waals surface area contributed by atoms with E-state index in [9.17, 15) is 0 Å². The van der Waals surface area contributed by atoms with Gasteiger partial charge in [0, 0.05) is 31.8 Å². The minimum atomic E-state index is -3.16. The van der Waals surface area contributed by atoms with Gasteiger partial charge in [-0.25, -0.2) is 0 Å². The van der Waals surface area contributed by atoms with Crippen LogP contribution in [0.4, 0.5) is 0 Å². The summed E-state index contributed by atoms with van der Waals surface area (Å²) in [7, 11) is -6.32. The number of rotatable bonds is 11. The fraction of sp³-hybridized carbons (Fsp3) is 0.0286. The SMILES string of the molecule is C/C=C(\c1ccccc1C)c1c2cc(-c3ccc(P(=O)(c4ccccc4)c4ccccc4)cc3)ccc2c(-c2cccc3ccccc23)c2cc(-c3ccc(P(=O)(c4ccccc4)c4ccccc4)cc3)ccc12. The molecule has 0 N–H and O–H groups in total. The summed E-state index contributed by atoms with van der Waals surface area (Å²) in [5.74, 6) is 0. The molecule has 0 aliphatic rings. The van der Waals surface area contributed by atoms with Crippen LogP contribution in [0.25, 0.3) is 71.3 Å². The van der Waals surface area contributed by atoms with E-state index >= 15 is 9.13 Å². The van der Waals surface area contributed by atoms with E-state index in [0.717, 1.165) is 86.8 Å². The number of aryl methyl sites for hydroxylation is 1. The average molecular weight is 987 g/mol. The molecule has 12 rings (SSSR count). The Morgan fingerprint density at radius 1 is 0.338 bits per heavy atom. The molecule has 354 valence electrons. The molecule has 0 heterocycles. The molecule has 0 spiro atoms. The van der Waals surface area contributed by atoms with Crippen LogP contribution in [0.15, 0.2) is 279 Å². The Morgan fingerprint density at radius 3 is 1.24 bits per heavy atom. The zero-order valence-electron chi connectivity index (χ0n) is 41.3. The zero-order chi connectivity index (χ0) is 50.2. The second-order valence-corrected chi connectivity index (χ2v) is 24.5. The molecule has 0 atom stereocenters. The molecule has 4 heteroatoms. The first kappa shape index (κ1) is 46.7. The molecule has 12 aromatic carbocycles. The second-order valence-electron chi connectivity index (χ2n) is 19.0. The lowest BCUT2D eigenvalue weighted by molar-refractivity contribution is 0.591. The van der Waals surface area contributed by atoms with E-state index < -0.39 is 14.3 Å². The molecule has 2 nitrogen and oxygen atoms in total. The van der Waals surface area contributed by atoms with Crippen molar-refractivity contribution in [1.29, 1.82) is 0 Å². The summed E-state index contributed by atoms with van der Waals surface area (Å²) in [5.41, 5.74) is 11.3. The Morgan fingerprint density at radius 2 is 0.743 bits per heavy atom. The molecule has 12 aromatic rings. The van der Waals surface area contributed by atoms with E-state index in [1.54, 1.807) is 0 Å². The van der Waals surface area contributed by atoms with Crippen molar-refractivity contribution in [1.82, 2.24) is 0 Å². The normalized spacial score (nSPS) is 12.1. The fourth-order valence-corrected chi connectivity index (χ4v) is 16.4. The predicted octanol–water partition coefficient (Wildman–Crippen LogP) is 16.2. The summed E-state index contributed by atoms with van der Waals surface area (Å²) in [6.07, 6.45) is 2.27. The number of fused-ring (bicyclic) bond motifs is 3. The third-order valence-electron chi connectivity index (χ3n) is 14.8. The highest BCUT2D eigenvalue weighted by molar-refractivity contribution is 7.85. The molecular weight excluding hydrogens is 935 g/mol. The summed E-state index contributed by atoms with van der Waals surface area (Å²) >= 11 is 0. The van der Waals surface area contributed by atoms with Gasteiger partial charge in [-0.15, -0.1) is 0 Å². The highest BCUT2D eigenvalue weighted by atomic mass is 31.2. The number of benzene rings is 12. The summed E-state index contributed by atoms with van der Waals surface area (Å²) < 4.78 is 30.8. The number of allylic oxidation sites excluding steroid dienone is 1. The molecule has 74 heavy (non-hydrogen) atoms. The van der Waals surface area contributed by atoms with E-state index in [1.807, 2.05) is 121 Å². The Labute approximate surface area is 433 Å². The second kappa shape index (κ2) is 19.6. The van der Waals surface area contributed by atoms with E-state index in [0.29, 0.717) is 0 Å². The molecule has 0 saturated heterocycles. The van der Waals surface area contributed by atoms with Gasteiger partial charge in [-0.3, -0.25) is 0 Å². The van der Waals surface area contributed by atoms with Gasteiger partial charge in [0.25, 0.3) is 0 Å². The topological polar surface area (TPSA) is 34.1 Å². The molecule has 0 saturated carbocycles. The maximum absolute atomic E-state index is 15.4. The monoisotopic (exact) mass is 986 g/mol. The average Bonchev–Trinajstić information content (AvgIpc) is 3.48. The predicted molar refractivity (Wildman–Crippen MR) is 318 cm³/mol. The van der Waals surface area contributed by atoms with Gasteiger partial charge < -0.3 is 9.13 Å². The van der Waals surface area contributed by atoms with E-state index in [1.165, 1.54) is 33.0 Å². The van der Waals surface area contributed by atoms with Crippen LogP contribution in [0.3, 0.4) is 0 Å². The van der Waals surface area contributed by atoms with Gasteiger partial charge >= 0.3 is 0 Å². The lowest BCUT2D eigenvalue weighted by atomic mass is 9.81. The van der Waals surface area contributed by atoms with Crippen molar-refractivity contribution >= 4 is 84.0 Å². The highest BCUT2D eigenvalue weighted by Crippen LogP contribution is 2.49. The lowest BCUT2D eigenvalue weighted by Crippen LogP contribution is -2.24. The van der Waals surface area contributed by atoms with Crippen LogP contribution in [0.2, 0.25) is 0 Å². The quantitative estimate of drug-likeness (QED) is 0.0956. The molecule has 0 unspecified atom stereocenters. The third-order valence-corrected chi connectivity index (χ3v) is 20.9. The largest absolute Gasteiger partial charge is 0.309 e. The summed E-state index contributed by atoms with van der Waals surface area (Å²) in [6.45, 7) is 4.35. The van der Waals surface area contributed by atoms with Gasteiger partial charge in [0.2, 0.25) is 0 Å². The van der Waals surface area contributed by atoms with E-state index in [-0.39, 0.29) is 0 Å². The maximum atomic E-state index is 15.4. The van der Waals surface area contributed by atoms with E-state index in [4.69, 9.17) is 0 Å². The van der Waals surface area contributed by atoms with E-state index in [2.05, 4.69) is 172 Å². The molecule has 0 fully saturated rings. The zero-order valence-corrected chi connectivity index (χ0v) is 43.1. The van der Waals surface area contributed by atoms with Gasteiger partial charge in [0.1, 0.15) is 0 Å². The van der Waals surface area contributed by atoms with Crippen LogP contribution in [0.5, 0.6) is 0 Å². The smallest absolute Gasteiger partial charge is 0.171 e. The van der Waals surface area contributed by atoms with Crippen molar-refractivity contribution in [3.8, 4) is 33.4 Å². The summed E-state index contributed by atoms with van der Waals surface area (Å²) in [6, 6.07) is 94.1. The van der Waals surface area contributed by atoms with Crippen molar-refractivity contribution in [3.63, 3.8) is 0 Å².